The molecule has 3 heterocycles. The predicted octanol–water partition coefficient (Wildman–Crippen LogP) is 4.52. The Morgan fingerprint density at radius 1 is 1.12 bits per heavy atom. The first-order valence-electron chi connectivity index (χ1n) is 7.53. The molecule has 0 aliphatic rings. The molecule has 0 aliphatic carbocycles. The van der Waals surface area contributed by atoms with Gasteiger partial charge in [0.05, 0.1) is 12.7 Å². The van der Waals surface area contributed by atoms with Crippen LogP contribution in [0.1, 0.15) is 10.4 Å². The molecule has 126 valence electrons. The first-order valence-corrected chi connectivity index (χ1v) is 9.16. The first kappa shape index (κ1) is 16.0. The van der Waals surface area contributed by atoms with Gasteiger partial charge in [-0.05, 0) is 43.3 Å². The SMILES string of the molecule is COc1ccccc1-c1nnc(Sc2ncnc3sc(C)c(C)c23)o1. The maximum absolute atomic E-state index is 5.82. The summed E-state index contributed by atoms with van der Waals surface area (Å²) in [4.78, 5) is 11.0. The Bertz CT molecular complexity index is 1060. The second-order valence-electron chi connectivity index (χ2n) is 5.32. The third-order valence-electron chi connectivity index (χ3n) is 3.86. The molecule has 8 heteroatoms. The van der Waals surface area contributed by atoms with E-state index in [9.17, 15) is 0 Å². The van der Waals surface area contributed by atoms with Crippen molar-refractivity contribution >= 4 is 33.3 Å². The smallest absolute Gasteiger partial charge is 0.283 e. The molecule has 0 spiro atoms. The molecular formula is C17H14N4O2S2. The first-order chi connectivity index (χ1) is 12.2. The highest BCUT2D eigenvalue weighted by Crippen LogP contribution is 2.38. The Labute approximate surface area is 152 Å². The van der Waals surface area contributed by atoms with Crippen molar-refractivity contribution in [3.63, 3.8) is 0 Å². The summed E-state index contributed by atoms with van der Waals surface area (Å²) in [6.07, 6.45) is 1.57. The van der Waals surface area contributed by atoms with Crippen molar-refractivity contribution in [2.45, 2.75) is 24.1 Å². The predicted molar refractivity (Wildman–Crippen MR) is 97.3 cm³/mol. The number of hydrogen-bond donors (Lipinski definition) is 0. The lowest BCUT2D eigenvalue weighted by molar-refractivity contribution is 0.411. The van der Waals surface area contributed by atoms with Crippen LogP contribution in [-0.2, 0) is 0 Å². The number of aromatic nitrogens is 4. The number of ether oxygens (including phenoxy) is 1. The molecule has 4 rings (SSSR count). The van der Waals surface area contributed by atoms with Crippen molar-refractivity contribution in [3.8, 4) is 17.2 Å². The Hall–Kier alpha value is -2.45. The standard InChI is InChI=1S/C17H14N4O2S2/c1-9-10(2)24-15-13(9)16(19-8-18-15)25-17-21-20-14(23-17)11-6-4-5-7-12(11)22-3/h4-8H,1-3H3. The zero-order valence-electron chi connectivity index (χ0n) is 13.8. The van der Waals surface area contributed by atoms with Gasteiger partial charge in [0.2, 0.25) is 0 Å². The van der Waals surface area contributed by atoms with Gasteiger partial charge in [0.15, 0.2) is 0 Å². The van der Waals surface area contributed by atoms with Crippen LogP contribution in [0, 0.1) is 13.8 Å². The summed E-state index contributed by atoms with van der Waals surface area (Å²) in [5.41, 5.74) is 1.95. The normalized spacial score (nSPS) is 11.2. The summed E-state index contributed by atoms with van der Waals surface area (Å²) in [6, 6.07) is 7.54. The lowest BCUT2D eigenvalue weighted by atomic mass is 10.2. The average molecular weight is 370 g/mol. The molecule has 0 bridgehead atoms. The topological polar surface area (TPSA) is 73.9 Å². The fourth-order valence-electron chi connectivity index (χ4n) is 2.49. The Balaban J connectivity index is 1.71. The van der Waals surface area contributed by atoms with Crippen molar-refractivity contribution < 1.29 is 9.15 Å². The van der Waals surface area contributed by atoms with Crippen LogP contribution >= 0.6 is 23.1 Å². The summed E-state index contributed by atoms with van der Waals surface area (Å²) in [7, 11) is 1.62. The van der Waals surface area contributed by atoms with Gasteiger partial charge in [0.25, 0.3) is 11.1 Å². The van der Waals surface area contributed by atoms with E-state index < -0.39 is 0 Å². The highest BCUT2D eigenvalue weighted by atomic mass is 32.2. The molecule has 1 aromatic carbocycles. The molecular weight excluding hydrogens is 356 g/mol. The summed E-state index contributed by atoms with van der Waals surface area (Å²) >= 11 is 3.01. The van der Waals surface area contributed by atoms with Crippen LogP contribution in [0.2, 0.25) is 0 Å². The van der Waals surface area contributed by atoms with Gasteiger partial charge >= 0.3 is 0 Å². The van der Waals surface area contributed by atoms with E-state index in [1.807, 2.05) is 24.3 Å². The second kappa shape index (κ2) is 6.45. The van der Waals surface area contributed by atoms with E-state index in [4.69, 9.17) is 9.15 Å². The van der Waals surface area contributed by atoms with E-state index in [0.29, 0.717) is 16.9 Å². The molecule has 0 radical (unpaired) electrons. The molecule has 25 heavy (non-hydrogen) atoms. The fourth-order valence-corrected chi connectivity index (χ4v) is 4.37. The second-order valence-corrected chi connectivity index (χ2v) is 7.46. The molecule has 0 saturated carbocycles. The number of nitrogens with zero attached hydrogens (tertiary/aromatic N) is 4. The van der Waals surface area contributed by atoms with Crippen molar-refractivity contribution in [2.75, 3.05) is 7.11 Å². The van der Waals surface area contributed by atoms with Gasteiger partial charge in [0, 0.05) is 10.3 Å². The molecule has 0 fully saturated rings. The molecule has 0 saturated heterocycles. The molecule has 0 aliphatic heterocycles. The van der Waals surface area contributed by atoms with Crippen LogP contribution < -0.4 is 4.74 Å². The van der Waals surface area contributed by atoms with Gasteiger partial charge in [-0.1, -0.05) is 12.1 Å². The lowest BCUT2D eigenvalue weighted by Gasteiger charge is -2.03. The monoisotopic (exact) mass is 370 g/mol. The summed E-state index contributed by atoms with van der Waals surface area (Å²) in [6.45, 7) is 4.16. The number of hydrogen-bond acceptors (Lipinski definition) is 8. The number of aryl methyl sites for hydroxylation is 2. The minimum Gasteiger partial charge on any atom is -0.496 e. The van der Waals surface area contributed by atoms with Gasteiger partial charge in [-0.2, -0.15) is 0 Å². The number of rotatable bonds is 4. The summed E-state index contributed by atoms with van der Waals surface area (Å²) in [5, 5.41) is 10.6. The highest BCUT2D eigenvalue weighted by molar-refractivity contribution is 7.99. The maximum Gasteiger partial charge on any atom is 0.283 e. The van der Waals surface area contributed by atoms with Gasteiger partial charge in [-0.25, -0.2) is 9.97 Å². The van der Waals surface area contributed by atoms with E-state index >= 15 is 0 Å². The van der Waals surface area contributed by atoms with Crippen molar-refractivity contribution in [1.82, 2.24) is 20.2 Å². The van der Waals surface area contributed by atoms with Crippen LogP contribution in [0.3, 0.4) is 0 Å². The Morgan fingerprint density at radius 3 is 2.80 bits per heavy atom. The number of thiophene rings is 1. The van der Waals surface area contributed by atoms with E-state index in [1.54, 1.807) is 24.8 Å². The van der Waals surface area contributed by atoms with Crippen LogP contribution in [0.15, 0.2) is 45.3 Å². The maximum atomic E-state index is 5.82. The zero-order chi connectivity index (χ0) is 17.4. The number of fused-ring (bicyclic) bond motifs is 1. The molecule has 0 amide bonds. The summed E-state index contributed by atoms with van der Waals surface area (Å²) < 4.78 is 11.2. The van der Waals surface area contributed by atoms with Gasteiger partial charge in [-0.15, -0.1) is 21.5 Å². The summed E-state index contributed by atoms with van der Waals surface area (Å²) in [5.74, 6) is 1.11. The zero-order valence-corrected chi connectivity index (χ0v) is 15.4. The number of benzene rings is 1. The van der Waals surface area contributed by atoms with Crippen molar-refractivity contribution in [3.05, 3.63) is 41.0 Å². The van der Waals surface area contributed by atoms with Crippen molar-refractivity contribution in [2.24, 2.45) is 0 Å². The third-order valence-corrected chi connectivity index (χ3v) is 5.82. The lowest BCUT2D eigenvalue weighted by Crippen LogP contribution is -1.87. The number of para-hydroxylation sites is 1. The molecule has 0 unspecified atom stereocenters. The van der Waals surface area contributed by atoms with Crippen LogP contribution in [0.5, 0.6) is 5.75 Å². The molecule has 6 nitrogen and oxygen atoms in total. The Kier molecular flexibility index (Phi) is 4.14. The van der Waals surface area contributed by atoms with E-state index in [-0.39, 0.29) is 0 Å². The van der Waals surface area contributed by atoms with Gasteiger partial charge in [0.1, 0.15) is 21.9 Å². The highest BCUT2D eigenvalue weighted by Gasteiger charge is 2.17. The van der Waals surface area contributed by atoms with Crippen molar-refractivity contribution in [1.29, 1.82) is 0 Å². The van der Waals surface area contributed by atoms with E-state index in [0.717, 1.165) is 20.8 Å². The average Bonchev–Trinajstić information content (AvgIpc) is 3.20. The minimum atomic E-state index is 0.420. The quantitative estimate of drug-likeness (QED) is 0.489. The van der Waals surface area contributed by atoms with E-state index in [1.165, 1.54) is 22.2 Å². The molecule has 0 atom stereocenters. The molecule has 4 aromatic rings. The molecule has 0 N–H and O–H groups in total. The largest absolute Gasteiger partial charge is 0.496 e. The molecule has 3 aromatic heterocycles. The fraction of sp³-hybridized carbons (Fsp3) is 0.176. The third kappa shape index (κ3) is 2.87. The minimum absolute atomic E-state index is 0.420. The Morgan fingerprint density at radius 2 is 1.96 bits per heavy atom. The van der Waals surface area contributed by atoms with E-state index in [2.05, 4.69) is 34.0 Å². The number of methoxy groups -OCH3 is 1. The van der Waals surface area contributed by atoms with Gasteiger partial charge < -0.3 is 9.15 Å². The van der Waals surface area contributed by atoms with Gasteiger partial charge in [-0.3, -0.25) is 0 Å². The van der Waals surface area contributed by atoms with Crippen LogP contribution in [-0.4, -0.2) is 27.3 Å². The van der Waals surface area contributed by atoms with Crippen LogP contribution in [0.25, 0.3) is 21.7 Å². The van der Waals surface area contributed by atoms with Crippen LogP contribution in [0.4, 0.5) is 0 Å².